The Labute approximate surface area is 80.5 Å². The first-order valence-electron chi connectivity index (χ1n) is 5.05. The van der Waals surface area contributed by atoms with Gasteiger partial charge in [0.15, 0.2) is 0 Å². The van der Waals surface area contributed by atoms with Crippen LogP contribution in [0.1, 0.15) is 34.1 Å². The molecule has 0 aromatic rings. The van der Waals surface area contributed by atoms with Crippen molar-refractivity contribution in [3.05, 3.63) is 0 Å². The van der Waals surface area contributed by atoms with E-state index in [1.165, 1.54) is 0 Å². The lowest BCUT2D eigenvalue weighted by atomic mass is 9.97. The summed E-state index contributed by atoms with van der Waals surface area (Å²) in [4.78, 5) is 13.3. The molecule has 76 valence electrons. The van der Waals surface area contributed by atoms with Crippen molar-refractivity contribution in [3.8, 4) is 0 Å². The van der Waals surface area contributed by atoms with E-state index in [0.717, 1.165) is 19.5 Å². The summed E-state index contributed by atoms with van der Waals surface area (Å²) in [6.45, 7) is 9.84. The smallest absolute Gasteiger partial charge is 0.220 e. The zero-order chi connectivity index (χ0) is 10.1. The molecular weight excluding hydrogens is 164 g/mol. The molecule has 3 nitrogen and oxygen atoms in total. The van der Waals surface area contributed by atoms with E-state index in [9.17, 15) is 4.79 Å². The van der Waals surface area contributed by atoms with Gasteiger partial charge >= 0.3 is 0 Å². The molecule has 3 heteroatoms. The van der Waals surface area contributed by atoms with E-state index in [1.54, 1.807) is 6.92 Å². The number of likely N-dealkylation sites (tertiary alicyclic amines) is 1. The predicted octanol–water partition coefficient (Wildman–Crippen LogP) is 1.20. The normalized spacial score (nSPS) is 33.8. The molecule has 1 aliphatic rings. The van der Waals surface area contributed by atoms with Crippen LogP contribution in [-0.2, 0) is 4.79 Å². The molecular formula is C10H20N2O. The Hall–Kier alpha value is -0.570. The summed E-state index contributed by atoms with van der Waals surface area (Å²) in [5.41, 5.74) is -0.124. The van der Waals surface area contributed by atoms with Crippen molar-refractivity contribution in [1.29, 1.82) is 0 Å². The molecule has 2 atom stereocenters. The number of amides is 1. The lowest BCUT2D eigenvalue weighted by Gasteiger charge is -2.38. The summed E-state index contributed by atoms with van der Waals surface area (Å²) >= 11 is 0. The molecule has 1 heterocycles. The minimum absolute atomic E-state index is 0.124. The largest absolute Gasteiger partial charge is 0.325 e. The van der Waals surface area contributed by atoms with Crippen molar-refractivity contribution in [2.75, 3.05) is 13.1 Å². The Morgan fingerprint density at radius 2 is 2.31 bits per heavy atom. The highest BCUT2D eigenvalue weighted by atomic mass is 16.2. The molecule has 0 aromatic carbocycles. The van der Waals surface area contributed by atoms with Crippen molar-refractivity contribution in [1.82, 2.24) is 10.2 Å². The van der Waals surface area contributed by atoms with Gasteiger partial charge in [-0.3, -0.25) is 10.1 Å². The summed E-state index contributed by atoms with van der Waals surface area (Å²) in [7, 11) is 0. The maximum Gasteiger partial charge on any atom is 0.220 e. The van der Waals surface area contributed by atoms with Gasteiger partial charge < -0.3 is 4.90 Å². The van der Waals surface area contributed by atoms with Crippen LogP contribution < -0.4 is 5.32 Å². The summed E-state index contributed by atoms with van der Waals surface area (Å²) in [6.07, 6.45) is 1.10. The Morgan fingerprint density at radius 1 is 1.69 bits per heavy atom. The fourth-order valence-corrected chi connectivity index (χ4v) is 2.21. The van der Waals surface area contributed by atoms with E-state index in [0.29, 0.717) is 5.92 Å². The van der Waals surface area contributed by atoms with Crippen LogP contribution in [-0.4, -0.2) is 29.6 Å². The van der Waals surface area contributed by atoms with Gasteiger partial charge in [0, 0.05) is 13.5 Å². The standard InChI is InChI=1S/C10H20N2O/c1-5-11-10(4)8(2)6-7-12(10)9(3)13/h8,11H,5-7H2,1-4H3. The molecule has 0 saturated carbocycles. The SMILES string of the molecule is CCNC1(C)C(C)CCN1C(C)=O. The molecule has 0 spiro atoms. The molecule has 13 heavy (non-hydrogen) atoms. The second-order valence-electron chi connectivity index (χ2n) is 4.04. The number of hydrogen-bond donors (Lipinski definition) is 1. The molecule has 1 aliphatic heterocycles. The van der Waals surface area contributed by atoms with E-state index < -0.39 is 0 Å². The van der Waals surface area contributed by atoms with Crippen molar-refractivity contribution in [3.63, 3.8) is 0 Å². The average molecular weight is 184 g/mol. The van der Waals surface area contributed by atoms with Gasteiger partial charge in [0.25, 0.3) is 0 Å². The van der Waals surface area contributed by atoms with Crippen molar-refractivity contribution >= 4 is 5.91 Å². The van der Waals surface area contributed by atoms with Crippen molar-refractivity contribution in [2.45, 2.75) is 39.8 Å². The zero-order valence-corrected chi connectivity index (χ0v) is 9.05. The molecule has 1 N–H and O–H groups in total. The number of nitrogens with zero attached hydrogens (tertiary/aromatic N) is 1. The lowest BCUT2D eigenvalue weighted by Crippen LogP contribution is -2.57. The molecule has 1 saturated heterocycles. The van der Waals surface area contributed by atoms with Gasteiger partial charge in [-0.2, -0.15) is 0 Å². The molecule has 1 rings (SSSR count). The fraction of sp³-hybridized carbons (Fsp3) is 0.900. The van der Waals surface area contributed by atoms with E-state index >= 15 is 0 Å². The highest BCUT2D eigenvalue weighted by molar-refractivity contribution is 5.74. The van der Waals surface area contributed by atoms with Crippen LogP contribution in [0, 0.1) is 5.92 Å². The highest BCUT2D eigenvalue weighted by Crippen LogP contribution is 2.31. The fourth-order valence-electron chi connectivity index (χ4n) is 2.21. The van der Waals surface area contributed by atoms with Crippen LogP contribution in [0.3, 0.4) is 0 Å². The van der Waals surface area contributed by atoms with E-state index in [-0.39, 0.29) is 11.6 Å². The van der Waals surface area contributed by atoms with Gasteiger partial charge in [-0.1, -0.05) is 13.8 Å². The summed E-state index contributed by atoms with van der Waals surface area (Å²) in [5, 5.41) is 3.41. The number of carbonyl (C=O) groups excluding carboxylic acids is 1. The topological polar surface area (TPSA) is 32.3 Å². The van der Waals surface area contributed by atoms with Gasteiger partial charge in [-0.25, -0.2) is 0 Å². The highest BCUT2D eigenvalue weighted by Gasteiger charge is 2.42. The van der Waals surface area contributed by atoms with Crippen LogP contribution in [0.15, 0.2) is 0 Å². The Kier molecular flexibility index (Phi) is 2.96. The van der Waals surface area contributed by atoms with Crippen molar-refractivity contribution in [2.24, 2.45) is 5.92 Å². The number of nitrogens with one attached hydrogen (secondary N) is 1. The van der Waals surface area contributed by atoms with Gasteiger partial charge in [-0.15, -0.1) is 0 Å². The van der Waals surface area contributed by atoms with Crippen LogP contribution >= 0.6 is 0 Å². The monoisotopic (exact) mass is 184 g/mol. The molecule has 0 bridgehead atoms. The second-order valence-corrected chi connectivity index (χ2v) is 4.04. The third-order valence-corrected chi connectivity index (χ3v) is 3.22. The Morgan fingerprint density at radius 3 is 2.77 bits per heavy atom. The third kappa shape index (κ3) is 1.70. The first-order valence-corrected chi connectivity index (χ1v) is 5.05. The molecule has 2 unspecified atom stereocenters. The average Bonchev–Trinajstić information content (AvgIpc) is 2.29. The lowest BCUT2D eigenvalue weighted by molar-refractivity contribution is -0.134. The second kappa shape index (κ2) is 3.66. The first kappa shape index (κ1) is 10.5. The van der Waals surface area contributed by atoms with Crippen LogP contribution in [0.25, 0.3) is 0 Å². The minimum atomic E-state index is -0.124. The molecule has 0 aromatic heterocycles. The predicted molar refractivity (Wildman–Crippen MR) is 53.2 cm³/mol. The molecule has 1 fully saturated rings. The maximum atomic E-state index is 11.4. The molecule has 0 radical (unpaired) electrons. The van der Waals surface area contributed by atoms with Crippen LogP contribution in [0.4, 0.5) is 0 Å². The van der Waals surface area contributed by atoms with E-state index in [2.05, 4.69) is 26.1 Å². The zero-order valence-electron chi connectivity index (χ0n) is 9.05. The number of carbonyl (C=O) groups is 1. The van der Waals surface area contributed by atoms with Crippen LogP contribution in [0.2, 0.25) is 0 Å². The summed E-state index contributed by atoms with van der Waals surface area (Å²) in [5.74, 6) is 0.712. The minimum Gasteiger partial charge on any atom is -0.325 e. The first-order chi connectivity index (χ1) is 6.02. The maximum absolute atomic E-state index is 11.4. The van der Waals surface area contributed by atoms with Gasteiger partial charge in [0.2, 0.25) is 5.91 Å². The van der Waals surface area contributed by atoms with E-state index in [1.807, 2.05) is 4.90 Å². The van der Waals surface area contributed by atoms with E-state index in [4.69, 9.17) is 0 Å². The molecule has 1 amide bonds. The van der Waals surface area contributed by atoms with Crippen molar-refractivity contribution < 1.29 is 4.79 Å². The quantitative estimate of drug-likeness (QED) is 0.699. The third-order valence-electron chi connectivity index (χ3n) is 3.22. The van der Waals surface area contributed by atoms with Gasteiger partial charge in [0.1, 0.15) is 0 Å². The summed E-state index contributed by atoms with van der Waals surface area (Å²) < 4.78 is 0. The Bertz CT molecular complexity index is 205. The molecule has 0 aliphatic carbocycles. The number of hydrogen-bond acceptors (Lipinski definition) is 2. The van der Waals surface area contributed by atoms with Gasteiger partial charge in [-0.05, 0) is 25.8 Å². The van der Waals surface area contributed by atoms with Gasteiger partial charge in [0.05, 0.1) is 5.66 Å². The Balaban J connectivity index is 2.80. The number of rotatable bonds is 2. The van der Waals surface area contributed by atoms with Crippen LogP contribution in [0.5, 0.6) is 0 Å². The summed E-state index contributed by atoms with van der Waals surface area (Å²) in [6, 6.07) is 0.